The van der Waals surface area contributed by atoms with Gasteiger partial charge in [0.2, 0.25) is 11.9 Å². The molecule has 4 rings (SSSR count). The summed E-state index contributed by atoms with van der Waals surface area (Å²) in [7, 11) is 3.58. The molecule has 0 radical (unpaired) electrons. The van der Waals surface area contributed by atoms with Crippen molar-refractivity contribution in [2.45, 2.75) is 38.9 Å². The maximum Gasteiger partial charge on any atom is 0.249 e. The van der Waals surface area contributed by atoms with Crippen LogP contribution in [0.2, 0.25) is 0 Å². The van der Waals surface area contributed by atoms with E-state index >= 15 is 0 Å². The van der Waals surface area contributed by atoms with Crippen LogP contribution in [0, 0.1) is 17.5 Å². The topological polar surface area (TPSA) is 79.2 Å². The predicted octanol–water partition coefficient (Wildman–Crippen LogP) is 3.33. The number of nitrogens with one attached hydrogen (secondary N) is 1. The summed E-state index contributed by atoms with van der Waals surface area (Å²) >= 11 is 0. The number of aromatic nitrogens is 4. The van der Waals surface area contributed by atoms with Crippen molar-refractivity contribution in [3.8, 4) is 0 Å². The molecule has 1 aliphatic rings. The Hall–Kier alpha value is -3.63. The molecule has 0 unspecified atom stereocenters. The minimum atomic E-state index is -1.49. The van der Waals surface area contributed by atoms with E-state index in [1.165, 1.54) is 4.68 Å². The van der Waals surface area contributed by atoms with Crippen molar-refractivity contribution in [2.24, 2.45) is 0 Å². The molecule has 0 fully saturated rings. The number of hydrogen-bond acceptors (Lipinski definition) is 6. The molecule has 3 aromatic rings. The zero-order valence-corrected chi connectivity index (χ0v) is 18.5. The third-order valence-electron chi connectivity index (χ3n) is 5.62. The summed E-state index contributed by atoms with van der Waals surface area (Å²) in [5, 5.41) is 7.31. The van der Waals surface area contributed by atoms with E-state index in [2.05, 4.69) is 20.4 Å². The number of halogens is 3. The largest absolute Gasteiger partial charge is 0.350 e. The highest BCUT2D eigenvalue weighted by Crippen LogP contribution is 2.34. The SMILES string of the molecule is CCC[C@H]1C(=O)N(C)c2cnc(NCc3cnn(Cc4cc(F)c(F)c(F)c4)c3)nc2N1C. The Bertz CT molecular complexity index is 1160. The Kier molecular flexibility index (Phi) is 6.21. The maximum absolute atomic E-state index is 13.4. The molecule has 3 heterocycles. The van der Waals surface area contributed by atoms with E-state index in [-0.39, 0.29) is 24.1 Å². The van der Waals surface area contributed by atoms with Gasteiger partial charge in [-0.05, 0) is 24.1 Å². The molecule has 0 saturated carbocycles. The highest BCUT2D eigenvalue weighted by atomic mass is 19.2. The molecule has 2 aromatic heterocycles. The molecular weight excluding hydrogens is 435 g/mol. The molecule has 0 bridgehead atoms. The van der Waals surface area contributed by atoms with Crippen LogP contribution in [0.25, 0.3) is 0 Å². The van der Waals surface area contributed by atoms with Crippen LogP contribution in [0.3, 0.4) is 0 Å². The highest BCUT2D eigenvalue weighted by Gasteiger charge is 2.35. The lowest BCUT2D eigenvalue weighted by molar-refractivity contribution is -0.120. The molecule has 0 spiro atoms. The fourth-order valence-electron chi connectivity index (χ4n) is 3.85. The van der Waals surface area contributed by atoms with Crippen LogP contribution in [0.4, 0.5) is 30.6 Å². The van der Waals surface area contributed by atoms with Gasteiger partial charge in [-0.1, -0.05) is 13.3 Å². The number of hydrogen-bond donors (Lipinski definition) is 1. The molecule has 1 atom stereocenters. The summed E-state index contributed by atoms with van der Waals surface area (Å²) in [5.74, 6) is -2.87. The molecule has 1 aromatic carbocycles. The minimum absolute atomic E-state index is 0.0180. The Balaban J connectivity index is 1.44. The number of carbonyl (C=O) groups excluding carboxylic acids is 1. The van der Waals surface area contributed by atoms with Gasteiger partial charge in [-0.2, -0.15) is 10.1 Å². The number of rotatable bonds is 7. The smallest absolute Gasteiger partial charge is 0.249 e. The van der Waals surface area contributed by atoms with Crippen LogP contribution in [0.5, 0.6) is 0 Å². The van der Waals surface area contributed by atoms with E-state index in [1.807, 2.05) is 18.9 Å². The van der Waals surface area contributed by atoms with Crippen molar-refractivity contribution >= 4 is 23.4 Å². The quantitative estimate of drug-likeness (QED) is 0.546. The van der Waals surface area contributed by atoms with E-state index in [0.29, 0.717) is 24.0 Å². The minimum Gasteiger partial charge on any atom is -0.350 e. The standard InChI is InChI=1S/C22H24F3N7O/c1-4-5-17-21(33)31(3)18-10-27-22(29-20(18)30(17)2)26-8-14-9-28-32(12-14)11-13-6-15(23)19(25)16(24)7-13/h6-7,9-10,12,17H,4-5,8,11H2,1-3H3,(H,26,27,29)/t17-/m0/s1. The van der Waals surface area contributed by atoms with Gasteiger partial charge in [0, 0.05) is 32.4 Å². The van der Waals surface area contributed by atoms with Gasteiger partial charge in [0.15, 0.2) is 23.3 Å². The number of amides is 1. The van der Waals surface area contributed by atoms with Gasteiger partial charge in [-0.15, -0.1) is 0 Å². The van der Waals surface area contributed by atoms with Gasteiger partial charge in [0.25, 0.3) is 0 Å². The normalized spacial score (nSPS) is 15.7. The van der Waals surface area contributed by atoms with Gasteiger partial charge in [0.05, 0.1) is 18.9 Å². The molecule has 8 nitrogen and oxygen atoms in total. The van der Waals surface area contributed by atoms with Crippen LogP contribution in [0.1, 0.15) is 30.9 Å². The second-order valence-electron chi connectivity index (χ2n) is 7.99. The summed E-state index contributed by atoms with van der Waals surface area (Å²) in [6.45, 7) is 2.49. The van der Waals surface area contributed by atoms with Crippen LogP contribution in [-0.4, -0.2) is 45.8 Å². The zero-order chi connectivity index (χ0) is 23.7. The van der Waals surface area contributed by atoms with E-state index in [4.69, 9.17) is 0 Å². The average molecular weight is 459 g/mol. The second-order valence-corrected chi connectivity index (χ2v) is 7.99. The lowest BCUT2D eigenvalue weighted by atomic mass is 10.1. The van der Waals surface area contributed by atoms with E-state index in [9.17, 15) is 18.0 Å². The van der Waals surface area contributed by atoms with Gasteiger partial charge >= 0.3 is 0 Å². The van der Waals surface area contributed by atoms with Gasteiger partial charge in [0.1, 0.15) is 11.7 Å². The molecule has 0 aliphatic carbocycles. The van der Waals surface area contributed by atoms with Gasteiger partial charge in [-0.25, -0.2) is 18.2 Å². The average Bonchev–Trinajstić information content (AvgIpc) is 3.24. The maximum atomic E-state index is 13.4. The Morgan fingerprint density at radius 3 is 2.52 bits per heavy atom. The third kappa shape index (κ3) is 4.48. The molecule has 174 valence electrons. The fourth-order valence-corrected chi connectivity index (χ4v) is 3.85. The fraction of sp³-hybridized carbons (Fsp3) is 0.364. The monoisotopic (exact) mass is 459 g/mol. The number of fused-ring (bicyclic) bond motifs is 1. The first-order valence-electron chi connectivity index (χ1n) is 10.5. The van der Waals surface area contributed by atoms with Gasteiger partial charge in [-0.3, -0.25) is 9.48 Å². The second kappa shape index (κ2) is 9.08. The van der Waals surface area contributed by atoms with E-state index < -0.39 is 17.5 Å². The first kappa shape index (κ1) is 22.6. The van der Waals surface area contributed by atoms with Crippen LogP contribution < -0.4 is 15.1 Å². The van der Waals surface area contributed by atoms with E-state index in [0.717, 1.165) is 30.5 Å². The number of benzene rings is 1. The van der Waals surface area contributed by atoms with Crippen molar-refractivity contribution < 1.29 is 18.0 Å². The Labute approximate surface area is 189 Å². The zero-order valence-electron chi connectivity index (χ0n) is 18.5. The molecule has 1 N–H and O–H groups in total. The predicted molar refractivity (Wildman–Crippen MR) is 118 cm³/mol. The summed E-state index contributed by atoms with van der Waals surface area (Å²) in [6, 6.07) is 1.63. The Morgan fingerprint density at radius 2 is 1.82 bits per heavy atom. The van der Waals surface area contributed by atoms with Crippen molar-refractivity contribution in [3.05, 3.63) is 59.3 Å². The Morgan fingerprint density at radius 1 is 1.09 bits per heavy atom. The first-order chi connectivity index (χ1) is 15.8. The van der Waals surface area contributed by atoms with E-state index in [1.54, 1.807) is 30.5 Å². The summed E-state index contributed by atoms with van der Waals surface area (Å²) in [6.07, 6.45) is 6.54. The molecule has 1 aliphatic heterocycles. The highest BCUT2D eigenvalue weighted by molar-refractivity contribution is 6.04. The van der Waals surface area contributed by atoms with Crippen LogP contribution in [0.15, 0.2) is 30.7 Å². The molecule has 11 heteroatoms. The van der Waals surface area contributed by atoms with Crippen LogP contribution in [-0.2, 0) is 17.9 Å². The van der Waals surface area contributed by atoms with Crippen LogP contribution >= 0.6 is 0 Å². The lowest BCUT2D eigenvalue weighted by Gasteiger charge is -2.38. The van der Waals surface area contributed by atoms with Crippen molar-refractivity contribution in [2.75, 3.05) is 29.2 Å². The number of likely N-dealkylation sites (N-methyl/N-ethyl adjacent to an activating group) is 2. The lowest BCUT2D eigenvalue weighted by Crippen LogP contribution is -2.51. The van der Waals surface area contributed by atoms with Gasteiger partial charge < -0.3 is 15.1 Å². The molecule has 33 heavy (non-hydrogen) atoms. The number of anilines is 3. The molecular formula is C22H24F3N7O. The number of carbonyl (C=O) groups is 1. The molecule has 0 saturated heterocycles. The number of nitrogens with zero attached hydrogens (tertiary/aromatic N) is 6. The van der Waals surface area contributed by atoms with Crippen molar-refractivity contribution in [1.82, 2.24) is 19.7 Å². The summed E-state index contributed by atoms with van der Waals surface area (Å²) in [4.78, 5) is 25.0. The first-order valence-corrected chi connectivity index (χ1v) is 10.5. The van der Waals surface area contributed by atoms with Crippen molar-refractivity contribution in [1.29, 1.82) is 0 Å². The molecule has 1 amide bonds. The summed E-state index contributed by atoms with van der Waals surface area (Å²) in [5.41, 5.74) is 1.70. The third-order valence-corrected chi connectivity index (χ3v) is 5.62. The summed E-state index contributed by atoms with van der Waals surface area (Å²) < 4.78 is 41.5. The van der Waals surface area contributed by atoms with Crippen molar-refractivity contribution in [3.63, 3.8) is 0 Å².